The van der Waals surface area contributed by atoms with Crippen molar-refractivity contribution in [3.8, 4) is 0 Å². The van der Waals surface area contributed by atoms with Gasteiger partial charge in [-0.05, 0) is 45.6 Å². The van der Waals surface area contributed by atoms with Crippen molar-refractivity contribution >= 4 is 12.0 Å². The average molecular weight is 476 g/mol. The second-order valence-electron chi connectivity index (χ2n) is 9.17. The summed E-state index contributed by atoms with van der Waals surface area (Å²) >= 11 is 0. The fourth-order valence-electron chi connectivity index (χ4n) is 4.21. The number of hydrogen-bond donors (Lipinski definition) is 3. The topological polar surface area (TPSA) is 149 Å². The molecule has 3 N–H and O–H groups in total. The molecule has 0 unspecified atom stereocenters. The van der Waals surface area contributed by atoms with Crippen molar-refractivity contribution < 1.29 is 68.7 Å². The Kier molecular flexibility index (Phi) is 11.0. The Morgan fingerprint density at radius 2 is 2.03 bits per heavy atom. The maximum atomic E-state index is 10.6. The summed E-state index contributed by atoms with van der Waals surface area (Å²) in [6.07, 6.45) is 2.19. The van der Waals surface area contributed by atoms with Crippen LogP contribution in [0.4, 0.5) is 0 Å². The Balaban J connectivity index is 0.00000385. The summed E-state index contributed by atoms with van der Waals surface area (Å²) in [4.78, 5) is 14.7. The van der Waals surface area contributed by atoms with E-state index in [2.05, 4.69) is 4.98 Å². The van der Waals surface area contributed by atoms with Gasteiger partial charge in [-0.25, -0.2) is 4.98 Å². The van der Waals surface area contributed by atoms with Gasteiger partial charge in [-0.3, -0.25) is 0 Å². The number of hydrogen-bond acceptors (Lipinski definition) is 9. The van der Waals surface area contributed by atoms with Crippen LogP contribution in [-0.4, -0.2) is 69.5 Å². The molecule has 0 aliphatic carbocycles. The fourth-order valence-corrected chi connectivity index (χ4v) is 4.21. The summed E-state index contributed by atoms with van der Waals surface area (Å²) in [5.41, 5.74) is 0.874. The summed E-state index contributed by atoms with van der Waals surface area (Å²) in [6.45, 7) is 5.87. The number of carbonyl (C=O) groups excluding carboxylic acids is 1. The van der Waals surface area contributed by atoms with Crippen LogP contribution < -0.4 is 34.7 Å². The van der Waals surface area contributed by atoms with E-state index in [0.717, 1.165) is 5.57 Å². The summed E-state index contributed by atoms with van der Waals surface area (Å²) < 4.78 is 17.1. The number of aliphatic hydroxyl groups is 3. The molecule has 0 spiro atoms. The van der Waals surface area contributed by atoms with Crippen LogP contribution in [0.1, 0.15) is 58.1 Å². The minimum atomic E-state index is -1.09. The maximum Gasteiger partial charge on any atom is 1.00 e. The number of carboxylic acid groups (broad SMARTS) is 1. The summed E-state index contributed by atoms with van der Waals surface area (Å²) in [5, 5.41) is 41.4. The van der Waals surface area contributed by atoms with E-state index >= 15 is 0 Å². The third-order valence-electron chi connectivity index (χ3n) is 6.44. The molecule has 33 heavy (non-hydrogen) atoms. The van der Waals surface area contributed by atoms with E-state index < -0.39 is 30.4 Å². The Labute approximate surface area is 216 Å². The van der Waals surface area contributed by atoms with Crippen molar-refractivity contribution in [2.24, 2.45) is 11.8 Å². The molecule has 0 radical (unpaired) electrons. The number of oxazole rings is 1. The largest absolute Gasteiger partial charge is 1.00 e. The normalized spacial score (nSPS) is 31.5. The molecular formula is C23H34NNaO8. The number of nitrogens with zero attached hydrogens (tertiary/aromatic N) is 1. The Morgan fingerprint density at radius 1 is 1.30 bits per heavy atom. The standard InChI is InChI=1S/C23H35NO8.Na/c1-12(8-19-24-10-16(31-19)5-4-6-20(26)27)7-17-22(29)21(28)15(11-30-17)9-18-23(32-18)13(2)14(3)25;/h8,10,13-15,17-18,21-23,25,28-29H,4-7,9,11H2,1-3H3,(H,26,27);/q;+1/p-1/b12-8+;/t13-,14-,15-,17-,18-,21+,22-,23-;/m0./s1. The third-order valence-corrected chi connectivity index (χ3v) is 6.44. The van der Waals surface area contributed by atoms with Crippen molar-refractivity contribution in [2.75, 3.05) is 6.61 Å². The summed E-state index contributed by atoms with van der Waals surface area (Å²) in [5.74, 6) is -0.286. The molecule has 0 bridgehead atoms. The summed E-state index contributed by atoms with van der Waals surface area (Å²) in [6, 6.07) is 0. The molecule has 0 saturated carbocycles. The fraction of sp³-hybridized carbons (Fsp3) is 0.739. The van der Waals surface area contributed by atoms with Gasteiger partial charge in [0.2, 0.25) is 5.89 Å². The minimum Gasteiger partial charge on any atom is -0.550 e. The molecule has 1 aromatic rings. The SMILES string of the molecule is C/C(=C\c1ncc(CCCC(=O)[O-])o1)C[C@@H]1OC[C@H](C[C@@H]2O[C@H]2[C@@H](C)[C@H](C)O)[C@@H](O)[C@H]1O.[Na+]. The van der Waals surface area contributed by atoms with Crippen molar-refractivity contribution in [3.05, 3.63) is 23.4 Å². The molecule has 10 heteroatoms. The van der Waals surface area contributed by atoms with Crippen LogP contribution in [-0.2, 0) is 20.7 Å². The minimum absolute atomic E-state index is 0. The van der Waals surface area contributed by atoms with Crippen molar-refractivity contribution in [1.82, 2.24) is 4.98 Å². The van der Waals surface area contributed by atoms with E-state index in [1.54, 1.807) is 19.2 Å². The van der Waals surface area contributed by atoms with Gasteiger partial charge in [-0.15, -0.1) is 0 Å². The number of carbonyl (C=O) groups is 1. The van der Waals surface area contributed by atoms with Crippen LogP contribution >= 0.6 is 0 Å². The molecule has 9 nitrogen and oxygen atoms in total. The number of rotatable bonds is 11. The maximum absolute atomic E-state index is 10.6. The first kappa shape index (κ1) is 28.5. The molecule has 8 atom stereocenters. The van der Waals surface area contributed by atoms with E-state index in [1.165, 1.54) is 0 Å². The van der Waals surface area contributed by atoms with Crippen LogP contribution in [0.15, 0.2) is 16.2 Å². The van der Waals surface area contributed by atoms with Crippen LogP contribution in [0.5, 0.6) is 0 Å². The number of aryl methyl sites for hydroxylation is 1. The van der Waals surface area contributed by atoms with Crippen LogP contribution in [0.25, 0.3) is 6.08 Å². The van der Waals surface area contributed by atoms with Gasteiger partial charge in [0.1, 0.15) is 11.9 Å². The summed E-state index contributed by atoms with van der Waals surface area (Å²) in [7, 11) is 0. The van der Waals surface area contributed by atoms with Gasteiger partial charge >= 0.3 is 29.6 Å². The molecule has 1 aromatic heterocycles. The molecule has 2 aliphatic rings. The van der Waals surface area contributed by atoms with Crippen LogP contribution in [0, 0.1) is 11.8 Å². The molecule has 2 aliphatic heterocycles. The van der Waals surface area contributed by atoms with Gasteiger partial charge in [-0.2, -0.15) is 0 Å². The van der Waals surface area contributed by atoms with Gasteiger partial charge in [-0.1, -0.05) is 12.5 Å². The second-order valence-corrected chi connectivity index (χ2v) is 9.17. The Bertz CT molecular complexity index is 797. The number of aliphatic hydroxyl groups excluding tert-OH is 3. The van der Waals surface area contributed by atoms with Gasteiger partial charge in [0.05, 0.1) is 43.3 Å². The molecule has 3 rings (SSSR count). The van der Waals surface area contributed by atoms with Gasteiger partial charge < -0.3 is 39.1 Å². The quantitative estimate of drug-likeness (QED) is 0.232. The van der Waals surface area contributed by atoms with E-state index in [9.17, 15) is 25.2 Å². The number of ether oxygens (including phenoxy) is 2. The van der Waals surface area contributed by atoms with Gasteiger partial charge in [0.15, 0.2) is 0 Å². The first-order chi connectivity index (χ1) is 15.2. The van der Waals surface area contributed by atoms with E-state index in [4.69, 9.17) is 13.9 Å². The Morgan fingerprint density at radius 3 is 2.70 bits per heavy atom. The molecule has 180 valence electrons. The van der Waals surface area contributed by atoms with Crippen LogP contribution in [0.3, 0.4) is 0 Å². The predicted molar refractivity (Wildman–Crippen MR) is 112 cm³/mol. The van der Waals surface area contributed by atoms with Gasteiger partial charge in [0.25, 0.3) is 0 Å². The zero-order chi connectivity index (χ0) is 23.4. The van der Waals surface area contributed by atoms with Crippen molar-refractivity contribution in [3.63, 3.8) is 0 Å². The van der Waals surface area contributed by atoms with Crippen LogP contribution in [0.2, 0.25) is 0 Å². The monoisotopic (exact) mass is 475 g/mol. The first-order valence-electron chi connectivity index (χ1n) is 11.3. The van der Waals surface area contributed by atoms with Gasteiger partial charge in [0, 0.05) is 24.2 Å². The molecule has 2 fully saturated rings. The average Bonchev–Trinajstić information content (AvgIpc) is 3.35. The number of epoxide rings is 1. The molecular weight excluding hydrogens is 441 g/mol. The number of carboxylic acids is 1. The molecule has 0 amide bonds. The number of aromatic nitrogens is 1. The first-order valence-corrected chi connectivity index (χ1v) is 11.3. The van der Waals surface area contributed by atoms with E-state index in [0.29, 0.717) is 43.9 Å². The number of aliphatic carboxylic acids is 1. The second kappa shape index (κ2) is 12.8. The Hall–Kier alpha value is -0.780. The third kappa shape index (κ3) is 8.14. The molecule has 3 heterocycles. The predicted octanol–water partition coefficient (Wildman–Crippen LogP) is -2.54. The van der Waals surface area contributed by atoms with E-state index in [-0.39, 0.29) is 60.0 Å². The van der Waals surface area contributed by atoms with Crippen molar-refractivity contribution in [1.29, 1.82) is 0 Å². The zero-order valence-corrected chi connectivity index (χ0v) is 21.8. The zero-order valence-electron chi connectivity index (χ0n) is 19.8. The van der Waals surface area contributed by atoms with Crippen molar-refractivity contribution in [2.45, 2.75) is 89.5 Å². The molecule has 2 saturated heterocycles. The molecule has 0 aromatic carbocycles. The van der Waals surface area contributed by atoms with E-state index in [1.807, 2.05) is 13.8 Å². The smallest absolute Gasteiger partial charge is 0.550 e.